The topological polar surface area (TPSA) is 25.4 Å². The summed E-state index contributed by atoms with van der Waals surface area (Å²) in [7, 11) is 0. The highest BCUT2D eigenvalue weighted by molar-refractivity contribution is 5.95. The van der Waals surface area contributed by atoms with Gasteiger partial charge in [0.25, 0.3) is 0 Å². The minimum atomic E-state index is 0.104. The van der Waals surface area contributed by atoms with Gasteiger partial charge in [0.15, 0.2) is 0 Å². The average Bonchev–Trinajstić information content (AvgIpc) is 2.61. The number of rotatable bonds is 3. The number of para-hydroxylation sites is 1. The van der Waals surface area contributed by atoms with Crippen LogP contribution in [0.25, 0.3) is 21.8 Å². The first kappa shape index (κ1) is 14.5. The highest BCUT2D eigenvalue weighted by atomic mass is 16.5. The lowest BCUT2D eigenvalue weighted by atomic mass is 10.1. The minimum absolute atomic E-state index is 0.104. The molecule has 0 bridgehead atoms. The second-order valence-corrected chi connectivity index (χ2v) is 6.32. The first-order valence-electron chi connectivity index (χ1n) is 8.50. The Labute approximate surface area is 136 Å². The van der Waals surface area contributed by atoms with Crippen molar-refractivity contribution in [3.05, 3.63) is 48.5 Å². The van der Waals surface area contributed by atoms with E-state index in [-0.39, 0.29) is 6.23 Å². The maximum Gasteiger partial charge on any atom is 0.149 e. The Balaban J connectivity index is 1.70. The van der Waals surface area contributed by atoms with Gasteiger partial charge in [-0.1, -0.05) is 30.7 Å². The van der Waals surface area contributed by atoms with Crippen LogP contribution in [0, 0.1) is 0 Å². The summed E-state index contributed by atoms with van der Waals surface area (Å²) in [6.45, 7) is 4.42. The van der Waals surface area contributed by atoms with Crippen LogP contribution in [0.3, 0.4) is 0 Å². The predicted molar refractivity (Wildman–Crippen MR) is 94.8 cm³/mol. The normalized spacial score (nSPS) is 17.4. The van der Waals surface area contributed by atoms with Gasteiger partial charge in [0.05, 0.1) is 11.0 Å². The molecule has 4 rings (SSSR count). The van der Waals surface area contributed by atoms with E-state index in [0.29, 0.717) is 0 Å². The molecule has 0 N–H and O–H groups in total. The Morgan fingerprint density at radius 3 is 2.61 bits per heavy atom. The van der Waals surface area contributed by atoms with Crippen LogP contribution < -0.4 is 4.74 Å². The summed E-state index contributed by atoms with van der Waals surface area (Å²) in [5.74, 6) is 0.929. The smallest absolute Gasteiger partial charge is 0.149 e. The van der Waals surface area contributed by atoms with E-state index in [1.807, 2.05) is 12.1 Å². The van der Waals surface area contributed by atoms with E-state index in [4.69, 9.17) is 9.72 Å². The molecule has 1 saturated heterocycles. The van der Waals surface area contributed by atoms with Crippen LogP contribution in [0.5, 0.6) is 5.75 Å². The van der Waals surface area contributed by atoms with Crippen molar-refractivity contribution >= 4 is 21.8 Å². The molecule has 0 spiro atoms. The molecule has 1 aliphatic rings. The van der Waals surface area contributed by atoms with E-state index in [0.717, 1.165) is 40.6 Å². The second-order valence-electron chi connectivity index (χ2n) is 6.32. The Morgan fingerprint density at radius 1 is 0.957 bits per heavy atom. The van der Waals surface area contributed by atoms with Crippen LogP contribution in [0.2, 0.25) is 0 Å². The molecule has 3 aromatic rings. The fourth-order valence-corrected chi connectivity index (χ4v) is 3.41. The first-order chi connectivity index (χ1) is 11.3. The van der Waals surface area contributed by atoms with Crippen molar-refractivity contribution < 1.29 is 4.74 Å². The number of likely N-dealkylation sites (tertiary alicyclic amines) is 1. The zero-order valence-electron chi connectivity index (χ0n) is 13.5. The minimum Gasteiger partial charge on any atom is -0.475 e. The third-order valence-corrected chi connectivity index (χ3v) is 4.72. The Bertz CT molecular complexity index is 824. The molecule has 0 amide bonds. The highest BCUT2D eigenvalue weighted by Crippen LogP contribution is 2.29. The molecule has 3 nitrogen and oxygen atoms in total. The maximum atomic E-state index is 6.30. The summed E-state index contributed by atoms with van der Waals surface area (Å²) in [5, 5.41) is 2.25. The van der Waals surface area contributed by atoms with Crippen LogP contribution in [0.4, 0.5) is 0 Å². The summed E-state index contributed by atoms with van der Waals surface area (Å²) >= 11 is 0. The number of hydrogen-bond donors (Lipinski definition) is 0. The molecule has 1 atom stereocenters. The van der Waals surface area contributed by atoms with Gasteiger partial charge in [0.1, 0.15) is 12.0 Å². The summed E-state index contributed by atoms with van der Waals surface area (Å²) < 4.78 is 6.30. The molecule has 1 aliphatic heterocycles. The SMILES string of the molecule is CC(Oc1cccc2nc3ccccc3cc12)N1CCCCC1. The fraction of sp³-hybridized carbons (Fsp3) is 0.350. The molecule has 23 heavy (non-hydrogen) atoms. The van der Waals surface area contributed by atoms with Crippen LogP contribution in [0.15, 0.2) is 48.5 Å². The lowest BCUT2D eigenvalue weighted by Gasteiger charge is -2.32. The number of fused-ring (bicyclic) bond motifs is 2. The largest absolute Gasteiger partial charge is 0.475 e. The standard InChI is InChI=1S/C20H22N2O/c1-15(22-12-5-2-6-13-22)23-20-11-7-10-19-17(20)14-16-8-3-4-9-18(16)21-19/h3-4,7-11,14-15H,2,5-6,12-13H2,1H3. The molecule has 0 saturated carbocycles. The van der Waals surface area contributed by atoms with Crippen LogP contribution >= 0.6 is 0 Å². The molecule has 1 fully saturated rings. The van der Waals surface area contributed by atoms with E-state index in [2.05, 4.69) is 48.2 Å². The molecule has 0 aliphatic carbocycles. The molecular weight excluding hydrogens is 284 g/mol. The third kappa shape index (κ3) is 2.89. The third-order valence-electron chi connectivity index (χ3n) is 4.72. The number of ether oxygens (including phenoxy) is 1. The highest BCUT2D eigenvalue weighted by Gasteiger charge is 2.18. The van der Waals surface area contributed by atoms with Crippen LogP contribution in [-0.2, 0) is 0 Å². The fourth-order valence-electron chi connectivity index (χ4n) is 3.41. The van der Waals surface area contributed by atoms with Crippen LogP contribution in [-0.4, -0.2) is 29.2 Å². The monoisotopic (exact) mass is 306 g/mol. The number of nitrogens with zero attached hydrogens (tertiary/aromatic N) is 2. The van der Waals surface area contributed by atoms with E-state index in [1.165, 1.54) is 19.3 Å². The summed E-state index contributed by atoms with van der Waals surface area (Å²) in [5.41, 5.74) is 2.02. The van der Waals surface area contributed by atoms with Crippen LogP contribution in [0.1, 0.15) is 26.2 Å². The molecule has 0 radical (unpaired) electrons. The molecular formula is C20H22N2O. The average molecular weight is 306 g/mol. The van der Waals surface area contributed by atoms with Gasteiger partial charge in [-0.05, 0) is 44.0 Å². The van der Waals surface area contributed by atoms with Gasteiger partial charge in [-0.25, -0.2) is 4.98 Å². The lowest BCUT2D eigenvalue weighted by Crippen LogP contribution is -2.40. The summed E-state index contributed by atoms with van der Waals surface area (Å²) in [6.07, 6.45) is 3.99. The van der Waals surface area contributed by atoms with Gasteiger partial charge in [-0.2, -0.15) is 0 Å². The number of piperidine rings is 1. The number of pyridine rings is 1. The number of aromatic nitrogens is 1. The van der Waals surface area contributed by atoms with Gasteiger partial charge < -0.3 is 4.74 Å². The molecule has 2 heterocycles. The Kier molecular flexibility index (Phi) is 3.88. The van der Waals surface area contributed by atoms with E-state index in [1.54, 1.807) is 0 Å². The van der Waals surface area contributed by atoms with Crippen molar-refractivity contribution in [2.75, 3.05) is 13.1 Å². The molecule has 1 unspecified atom stereocenters. The van der Waals surface area contributed by atoms with E-state index in [9.17, 15) is 0 Å². The van der Waals surface area contributed by atoms with Crippen molar-refractivity contribution in [3.8, 4) is 5.75 Å². The summed E-state index contributed by atoms with van der Waals surface area (Å²) in [4.78, 5) is 7.19. The maximum absolute atomic E-state index is 6.30. The lowest BCUT2D eigenvalue weighted by molar-refractivity contribution is 0.0273. The Morgan fingerprint density at radius 2 is 1.74 bits per heavy atom. The molecule has 2 aromatic carbocycles. The van der Waals surface area contributed by atoms with Crippen molar-refractivity contribution in [1.82, 2.24) is 9.88 Å². The zero-order valence-corrected chi connectivity index (χ0v) is 13.5. The number of benzene rings is 2. The van der Waals surface area contributed by atoms with Crippen molar-refractivity contribution in [1.29, 1.82) is 0 Å². The quantitative estimate of drug-likeness (QED) is 0.661. The second kappa shape index (κ2) is 6.17. The van der Waals surface area contributed by atoms with Crippen molar-refractivity contribution in [3.63, 3.8) is 0 Å². The zero-order chi connectivity index (χ0) is 15.6. The molecule has 3 heteroatoms. The van der Waals surface area contributed by atoms with E-state index >= 15 is 0 Å². The van der Waals surface area contributed by atoms with Gasteiger partial charge in [0.2, 0.25) is 0 Å². The molecule has 1 aromatic heterocycles. The molecule has 118 valence electrons. The Hall–Kier alpha value is -2.13. The number of hydrogen-bond acceptors (Lipinski definition) is 3. The van der Waals surface area contributed by atoms with E-state index < -0.39 is 0 Å². The first-order valence-corrected chi connectivity index (χ1v) is 8.50. The van der Waals surface area contributed by atoms with Gasteiger partial charge in [0, 0.05) is 23.9 Å². The van der Waals surface area contributed by atoms with Gasteiger partial charge >= 0.3 is 0 Å². The predicted octanol–water partition coefficient (Wildman–Crippen LogP) is 4.60. The van der Waals surface area contributed by atoms with Gasteiger partial charge in [-0.3, -0.25) is 4.90 Å². The van der Waals surface area contributed by atoms with Crippen molar-refractivity contribution in [2.24, 2.45) is 0 Å². The van der Waals surface area contributed by atoms with Crippen molar-refractivity contribution in [2.45, 2.75) is 32.4 Å². The summed E-state index contributed by atoms with van der Waals surface area (Å²) in [6, 6.07) is 16.6. The van der Waals surface area contributed by atoms with Gasteiger partial charge in [-0.15, -0.1) is 0 Å².